The molecule has 0 unspecified atom stereocenters. The first-order valence-corrected chi connectivity index (χ1v) is 16.0. The molecule has 7 heteroatoms. The zero-order chi connectivity index (χ0) is 30.1. The van der Waals surface area contributed by atoms with Gasteiger partial charge < -0.3 is 9.74 Å². The summed E-state index contributed by atoms with van der Waals surface area (Å²) in [7, 11) is -2.77. The lowest BCUT2D eigenvalue weighted by atomic mass is 10.0. The molecule has 1 aliphatic rings. The third-order valence-corrected chi connectivity index (χ3v) is 13.1. The molecule has 6 nitrogen and oxygen atoms in total. The molecule has 5 rings (SSSR count). The van der Waals surface area contributed by atoms with Crippen molar-refractivity contribution >= 4 is 42.1 Å². The van der Waals surface area contributed by atoms with Gasteiger partial charge in [-0.1, -0.05) is 99.6 Å². The summed E-state index contributed by atoms with van der Waals surface area (Å²) in [6.45, 7) is 10.8. The number of fused-ring (bicyclic) bond motifs is 1. The Balaban J connectivity index is 1.42. The van der Waals surface area contributed by atoms with Crippen molar-refractivity contribution in [3.63, 3.8) is 0 Å². The number of nitrogens with zero attached hydrogens (tertiary/aromatic N) is 1. The number of amides is 3. The molecule has 4 aromatic rings. The van der Waals surface area contributed by atoms with Gasteiger partial charge in [0.15, 0.2) is 0 Å². The third kappa shape index (κ3) is 5.21. The van der Waals surface area contributed by atoms with E-state index in [9.17, 15) is 14.4 Å². The zero-order valence-corrected chi connectivity index (χ0v) is 25.7. The van der Waals surface area contributed by atoms with Crippen LogP contribution in [0.3, 0.4) is 0 Å². The van der Waals surface area contributed by atoms with Gasteiger partial charge in [0.2, 0.25) is 5.91 Å². The molecular weight excluding hydrogens is 540 g/mol. The minimum atomic E-state index is -2.77. The number of rotatable bonds is 8. The van der Waals surface area contributed by atoms with E-state index >= 15 is 0 Å². The number of imide groups is 1. The van der Waals surface area contributed by atoms with Crippen molar-refractivity contribution in [2.24, 2.45) is 0 Å². The lowest BCUT2D eigenvalue weighted by molar-refractivity contribution is -0.116. The minimum absolute atomic E-state index is 0.171. The van der Waals surface area contributed by atoms with E-state index in [1.54, 1.807) is 24.3 Å². The highest BCUT2D eigenvalue weighted by Crippen LogP contribution is 2.38. The molecule has 1 heterocycles. The number of carbonyl (C=O) groups excluding carboxylic acids is 3. The lowest BCUT2D eigenvalue weighted by Crippen LogP contribution is -2.66. The molecule has 0 bridgehead atoms. The second-order valence-electron chi connectivity index (χ2n) is 11.8. The van der Waals surface area contributed by atoms with Crippen LogP contribution < -0.4 is 15.7 Å². The van der Waals surface area contributed by atoms with Crippen molar-refractivity contribution in [2.45, 2.75) is 46.3 Å². The summed E-state index contributed by atoms with van der Waals surface area (Å²) in [6, 6.07) is 31.4. The van der Waals surface area contributed by atoms with Gasteiger partial charge in [-0.15, -0.1) is 0 Å². The molecule has 1 N–H and O–H groups in total. The predicted octanol–water partition coefficient (Wildman–Crippen LogP) is 5.61. The van der Waals surface area contributed by atoms with E-state index in [4.69, 9.17) is 4.43 Å². The number of hydrogen-bond donors (Lipinski definition) is 1. The summed E-state index contributed by atoms with van der Waals surface area (Å²) in [6.07, 6.45) is 0. The van der Waals surface area contributed by atoms with Crippen molar-refractivity contribution in [3.05, 3.63) is 125 Å². The third-order valence-electron chi connectivity index (χ3n) is 8.14. The summed E-state index contributed by atoms with van der Waals surface area (Å²) in [5.74, 6) is -1.34. The Morgan fingerprint density at radius 2 is 1.26 bits per heavy atom. The topological polar surface area (TPSA) is 75.7 Å². The summed E-state index contributed by atoms with van der Waals surface area (Å²) >= 11 is 0. The van der Waals surface area contributed by atoms with E-state index in [-0.39, 0.29) is 11.6 Å². The van der Waals surface area contributed by atoms with E-state index in [1.807, 2.05) is 38.1 Å². The average molecular weight is 577 g/mol. The maximum Gasteiger partial charge on any atom is 0.262 e. The molecule has 0 spiro atoms. The zero-order valence-electron chi connectivity index (χ0n) is 24.7. The number of anilines is 1. The van der Waals surface area contributed by atoms with Crippen LogP contribution in [0.15, 0.2) is 97.1 Å². The first-order valence-electron chi connectivity index (χ1n) is 14.1. The molecule has 3 amide bonds. The average Bonchev–Trinajstić information content (AvgIpc) is 3.21. The number of hydrogen-bond acceptors (Lipinski definition) is 4. The van der Waals surface area contributed by atoms with Gasteiger partial charge in [0.25, 0.3) is 20.1 Å². The maximum absolute atomic E-state index is 13.1. The standard InChI is InChI=1S/C35H36N2O4Si/c1-24-20-21-31(36-32(38)22-37-33(39)28-18-12-13-19-29(28)34(37)40)25(2)30(24)23-41-42(35(3,4)5,26-14-8-6-9-15-26)27-16-10-7-11-17-27/h6-21H,22-23H2,1-5H3,(H,36,38). The second-order valence-corrected chi connectivity index (χ2v) is 16.1. The highest BCUT2D eigenvalue weighted by molar-refractivity contribution is 6.99. The summed E-state index contributed by atoms with van der Waals surface area (Å²) < 4.78 is 7.17. The fourth-order valence-corrected chi connectivity index (χ4v) is 10.4. The van der Waals surface area contributed by atoms with Crippen LogP contribution in [-0.2, 0) is 15.8 Å². The Morgan fingerprint density at radius 1 is 0.762 bits per heavy atom. The van der Waals surface area contributed by atoms with Crippen molar-refractivity contribution in [2.75, 3.05) is 11.9 Å². The van der Waals surface area contributed by atoms with Crippen LogP contribution in [0.5, 0.6) is 0 Å². The highest BCUT2D eigenvalue weighted by Gasteiger charge is 2.50. The van der Waals surface area contributed by atoms with Gasteiger partial charge in [0.1, 0.15) is 6.54 Å². The van der Waals surface area contributed by atoms with Crippen molar-refractivity contribution in [1.29, 1.82) is 0 Å². The van der Waals surface area contributed by atoms with Crippen molar-refractivity contribution in [1.82, 2.24) is 4.90 Å². The Morgan fingerprint density at radius 3 is 1.76 bits per heavy atom. The van der Waals surface area contributed by atoms with Gasteiger partial charge >= 0.3 is 0 Å². The SMILES string of the molecule is Cc1ccc(NC(=O)CN2C(=O)c3ccccc3C2=O)c(C)c1CO[Si](c1ccccc1)(c1ccccc1)C(C)(C)C. The minimum Gasteiger partial charge on any atom is -0.403 e. The fraction of sp³-hybridized carbons (Fsp3) is 0.229. The Kier molecular flexibility index (Phi) is 7.99. The van der Waals surface area contributed by atoms with E-state index in [0.717, 1.165) is 21.6 Å². The monoisotopic (exact) mass is 576 g/mol. The maximum atomic E-state index is 13.1. The molecule has 0 aromatic heterocycles. The molecule has 0 atom stereocenters. The van der Waals surface area contributed by atoms with Crippen LogP contribution in [0.25, 0.3) is 0 Å². The van der Waals surface area contributed by atoms with Gasteiger partial charge in [-0.25, -0.2) is 0 Å². The molecule has 42 heavy (non-hydrogen) atoms. The first kappa shape index (κ1) is 29.2. The lowest BCUT2D eigenvalue weighted by Gasteiger charge is -2.43. The van der Waals surface area contributed by atoms with E-state index in [2.05, 4.69) is 74.6 Å². The normalized spacial score (nSPS) is 13.3. The van der Waals surface area contributed by atoms with Crippen molar-refractivity contribution < 1.29 is 18.8 Å². The van der Waals surface area contributed by atoms with Gasteiger partial charge in [-0.3, -0.25) is 19.3 Å². The van der Waals surface area contributed by atoms with Gasteiger partial charge in [0, 0.05) is 5.69 Å². The quantitative estimate of drug-likeness (QED) is 0.218. The van der Waals surface area contributed by atoms with Crippen LogP contribution in [0.2, 0.25) is 5.04 Å². The highest BCUT2D eigenvalue weighted by atomic mass is 28.4. The molecular formula is C35H36N2O4Si. The molecule has 0 fully saturated rings. The molecule has 0 aliphatic carbocycles. The molecule has 0 saturated heterocycles. The Labute approximate surface area is 248 Å². The number of carbonyl (C=O) groups is 3. The smallest absolute Gasteiger partial charge is 0.262 e. The summed E-state index contributed by atoms with van der Waals surface area (Å²) in [5, 5.41) is 5.16. The van der Waals surface area contributed by atoms with Crippen LogP contribution in [0.4, 0.5) is 5.69 Å². The van der Waals surface area contributed by atoms with Gasteiger partial charge in [-0.2, -0.15) is 0 Å². The molecule has 214 valence electrons. The van der Waals surface area contributed by atoms with Crippen molar-refractivity contribution in [3.8, 4) is 0 Å². The van der Waals surface area contributed by atoms with Gasteiger partial charge in [-0.05, 0) is 64.1 Å². The van der Waals surface area contributed by atoms with Crippen LogP contribution >= 0.6 is 0 Å². The van der Waals surface area contributed by atoms with E-state index in [0.29, 0.717) is 23.4 Å². The van der Waals surface area contributed by atoms with Crippen LogP contribution in [0, 0.1) is 13.8 Å². The Bertz CT molecular complexity index is 1570. The molecule has 0 saturated carbocycles. The largest absolute Gasteiger partial charge is 0.403 e. The summed E-state index contributed by atoms with van der Waals surface area (Å²) in [4.78, 5) is 39.6. The van der Waals surface area contributed by atoms with Gasteiger partial charge in [0.05, 0.1) is 17.7 Å². The fourth-order valence-electron chi connectivity index (χ4n) is 5.91. The molecule has 0 radical (unpaired) electrons. The molecule has 4 aromatic carbocycles. The Hall–Kier alpha value is -4.33. The number of nitrogens with one attached hydrogen (secondary N) is 1. The summed E-state index contributed by atoms with van der Waals surface area (Å²) in [5.41, 5.74) is 4.23. The number of aryl methyl sites for hydroxylation is 1. The number of benzene rings is 4. The second kappa shape index (κ2) is 11.5. The van der Waals surface area contributed by atoms with E-state index in [1.165, 1.54) is 10.4 Å². The first-order chi connectivity index (χ1) is 20.0. The predicted molar refractivity (Wildman–Crippen MR) is 169 cm³/mol. The van der Waals surface area contributed by atoms with Crippen LogP contribution in [0.1, 0.15) is 58.2 Å². The van der Waals surface area contributed by atoms with Crippen LogP contribution in [-0.4, -0.2) is 37.5 Å². The molecule has 1 aliphatic heterocycles. The van der Waals surface area contributed by atoms with E-state index < -0.39 is 26.0 Å².